The highest BCUT2D eigenvalue weighted by Crippen LogP contribution is 2.39. The first-order valence-corrected chi connectivity index (χ1v) is 17.0. The fourth-order valence-electron chi connectivity index (χ4n) is 7.78. The SMILES string of the molecule is CCn1/c(=C/C=C2\CCC(/C=C/C3c4cccc5c(Cl)ccc(c45)[NH+]3CC)=C2Nc2ccccc2)c2cccc3c(Cl)ccc1c32. The van der Waals surface area contributed by atoms with Crippen LogP contribution >= 0.6 is 23.2 Å². The molecule has 5 heteroatoms. The molecular weight excluding hydrogens is 605 g/mol. The molecule has 0 spiro atoms. The molecule has 0 fully saturated rings. The molecular formula is C41H36Cl2N3+. The fraction of sp³-hybridized carbons (Fsp3) is 0.171. The van der Waals surface area contributed by atoms with Gasteiger partial charge in [-0.25, -0.2) is 0 Å². The summed E-state index contributed by atoms with van der Waals surface area (Å²) in [5.74, 6) is 0. The zero-order valence-corrected chi connectivity index (χ0v) is 27.6. The molecule has 0 amide bonds. The van der Waals surface area contributed by atoms with Gasteiger partial charge < -0.3 is 9.88 Å². The Kier molecular flexibility index (Phi) is 7.49. The Morgan fingerprint density at radius 1 is 0.783 bits per heavy atom. The molecule has 5 aromatic carbocycles. The van der Waals surface area contributed by atoms with Crippen molar-refractivity contribution in [3.63, 3.8) is 0 Å². The maximum atomic E-state index is 6.65. The van der Waals surface area contributed by atoms with Crippen LogP contribution in [0.4, 0.5) is 11.4 Å². The molecule has 1 aliphatic heterocycles. The van der Waals surface area contributed by atoms with Crippen LogP contribution in [0, 0.1) is 0 Å². The van der Waals surface area contributed by atoms with Gasteiger partial charge in [0.1, 0.15) is 11.7 Å². The molecule has 2 heterocycles. The summed E-state index contributed by atoms with van der Waals surface area (Å²) < 4.78 is 2.40. The molecule has 2 atom stereocenters. The van der Waals surface area contributed by atoms with Gasteiger partial charge in [0.25, 0.3) is 0 Å². The van der Waals surface area contributed by atoms with Gasteiger partial charge in [-0.2, -0.15) is 0 Å². The van der Waals surface area contributed by atoms with E-state index in [1.165, 1.54) is 60.0 Å². The Morgan fingerprint density at radius 3 is 2.30 bits per heavy atom. The molecule has 0 radical (unpaired) electrons. The molecule has 3 nitrogen and oxygen atoms in total. The zero-order chi connectivity index (χ0) is 31.4. The van der Waals surface area contributed by atoms with E-state index >= 15 is 0 Å². The Balaban J connectivity index is 1.24. The summed E-state index contributed by atoms with van der Waals surface area (Å²) in [5, 5.41) is 12.7. The van der Waals surface area contributed by atoms with E-state index in [4.69, 9.17) is 23.2 Å². The normalized spacial score (nSPS) is 19.3. The molecule has 0 bridgehead atoms. The lowest BCUT2D eigenvalue weighted by molar-refractivity contribution is -0.852. The highest BCUT2D eigenvalue weighted by molar-refractivity contribution is 6.37. The quantitative estimate of drug-likeness (QED) is 0.178. The molecule has 228 valence electrons. The number of quaternary nitrogens is 1. The first-order valence-electron chi connectivity index (χ1n) is 16.3. The Labute approximate surface area is 279 Å². The van der Waals surface area contributed by atoms with Crippen molar-refractivity contribution in [2.75, 3.05) is 11.9 Å². The van der Waals surface area contributed by atoms with Crippen LogP contribution in [-0.2, 0) is 6.54 Å². The van der Waals surface area contributed by atoms with Crippen LogP contribution in [0.25, 0.3) is 38.5 Å². The van der Waals surface area contributed by atoms with Gasteiger partial charge in [0, 0.05) is 72.0 Å². The molecule has 8 rings (SSSR count). The van der Waals surface area contributed by atoms with Crippen LogP contribution in [0.2, 0.25) is 10.0 Å². The number of halogens is 2. The monoisotopic (exact) mass is 640 g/mol. The van der Waals surface area contributed by atoms with Crippen molar-refractivity contribution in [2.45, 2.75) is 39.3 Å². The van der Waals surface area contributed by atoms with Gasteiger partial charge in [-0.3, -0.25) is 4.90 Å². The van der Waals surface area contributed by atoms with E-state index in [2.05, 4.69) is 133 Å². The van der Waals surface area contributed by atoms with E-state index in [1.807, 2.05) is 6.07 Å². The van der Waals surface area contributed by atoms with Gasteiger partial charge >= 0.3 is 0 Å². The minimum absolute atomic E-state index is 0.241. The number of aryl methyl sites for hydroxylation is 1. The zero-order valence-electron chi connectivity index (χ0n) is 26.1. The topological polar surface area (TPSA) is 21.4 Å². The summed E-state index contributed by atoms with van der Waals surface area (Å²) in [6.45, 7) is 6.37. The Hall–Kier alpha value is -4.28. The number of anilines is 1. The molecule has 2 N–H and O–H groups in total. The summed E-state index contributed by atoms with van der Waals surface area (Å²) in [6, 6.07) is 32.2. The van der Waals surface area contributed by atoms with Crippen LogP contribution in [-0.4, -0.2) is 11.1 Å². The third kappa shape index (κ3) is 4.69. The van der Waals surface area contributed by atoms with Crippen LogP contribution in [0.5, 0.6) is 0 Å². The first kappa shape index (κ1) is 29.1. The number of aromatic nitrogens is 1. The number of para-hydroxylation sites is 1. The lowest BCUT2D eigenvalue weighted by atomic mass is 10.0. The van der Waals surface area contributed by atoms with E-state index < -0.39 is 0 Å². The highest BCUT2D eigenvalue weighted by atomic mass is 35.5. The van der Waals surface area contributed by atoms with E-state index in [-0.39, 0.29) is 6.04 Å². The van der Waals surface area contributed by atoms with Gasteiger partial charge in [0.15, 0.2) is 0 Å². The largest absolute Gasteiger partial charge is 0.355 e. The van der Waals surface area contributed by atoms with E-state index in [9.17, 15) is 0 Å². The van der Waals surface area contributed by atoms with Gasteiger partial charge in [0.2, 0.25) is 0 Å². The number of hydrogen-bond acceptors (Lipinski definition) is 1. The van der Waals surface area contributed by atoms with E-state index in [0.29, 0.717) is 0 Å². The molecule has 0 saturated heterocycles. The minimum atomic E-state index is 0.241. The second kappa shape index (κ2) is 11.8. The molecule has 2 aliphatic rings. The van der Waals surface area contributed by atoms with Gasteiger partial charge in [0.05, 0.1) is 11.9 Å². The third-order valence-electron chi connectivity index (χ3n) is 9.88. The Bertz CT molecular complexity index is 2290. The predicted octanol–water partition coefficient (Wildman–Crippen LogP) is 9.71. The van der Waals surface area contributed by atoms with Crippen LogP contribution < -0.4 is 15.6 Å². The lowest BCUT2D eigenvalue weighted by Crippen LogP contribution is -3.05. The standard InChI is InChI=1S/C41H35Cl2N3/c1-3-45-35(31-14-8-12-29-33(42)20-24-37(45)39(29)31)22-18-26-16-17-27(41(26)44-28-10-6-5-7-11-28)19-23-36-32-15-9-13-30-34(43)21-25-38(40(30)32)46(36)4-2/h5-15,18-25,35,44H,3-4,16-17H2,1-2H3/p+1/b22-18+,27-19+,36-23+. The summed E-state index contributed by atoms with van der Waals surface area (Å²) in [7, 11) is 0. The second-order valence-electron chi connectivity index (χ2n) is 12.3. The molecule has 0 saturated carbocycles. The molecule has 1 aliphatic carbocycles. The number of hydrogen-bond donors (Lipinski definition) is 2. The second-order valence-corrected chi connectivity index (χ2v) is 13.1. The summed E-state index contributed by atoms with van der Waals surface area (Å²) in [6.07, 6.45) is 11.4. The number of likely N-dealkylation sites (N-methyl/N-ethyl adjacent to an activating group) is 1. The summed E-state index contributed by atoms with van der Waals surface area (Å²) in [4.78, 5) is 1.46. The van der Waals surface area contributed by atoms with Gasteiger partial charge in [-0.1, -0.05) is 90.0 Å². The van der Waals surface area contributed by atoms with E-state index in [1.54, 1.807) is 0 Å². The number of benzene rings is 5. The molecule has 2 unspecified atom stereocenters. The maximum Gasteiger partial charge on any atom is 0.140 e. The molecule has 1 aromatic heterocycles. The number of nitrogens with zero attached hydrogens (tertiary/aromatic N) is 1. The number of nitrogens with one attached hydrogen (secondary N) is 2. The third-order valence-corrected chi connectivity index (χ3v) is 10.5. The van der Waals surface area contributed by atoms with Crippen molar-refractivity contribution in [2.24, 2.45) is 0 Å². The van der Waals surface area contributed by atoms with Crippen molar-refractivity contribution < 1.29 is 4.90 Å². The average Bonchev–Trinajstić information content (AvgIpc) is 3.72. The van der Waals surface area contributed by atoms with Gasteiger partial charge in [-0.15, -0.1) is 0 Å². The predicted molar refractivity (Wildman–Crippen MR) is 196 cm³/mol. The smallest absolute Gasteiger partial charge is 0.140 e. The van der Waals surface area contributed by atoms with Crippen molar-refractivity contribution in [3.8, 4) is 0 Å². The average molecular weight is 642 g/mol. The highest BCUT2D eigenvalue weighted by Gasteiger charge is 2.34. The van der Waals surface area contributed by atoms with Crippen LogP contribution in [0.15, 0.2) is 126 Å². The van der Waals surface area contributed by atoms with Crippen LogP contribution in [0.3, 0.4) is 0 Å². The van der Waals surface area contributed by atoms with E-state index in [0.717, 1.165) is 52.4 Å². The molecule has 46 heavy (non-hydrogen) atoms. The lowest BCUT2D eigenvalue weighted by Gasteiger charge is -2.19. The minimum Gasteiger partial charge on any atom is -0.355 e. The van der Waals surface area contributed by atoms with Crippen molar-refractivity contribution in [1.82, 2.24) is 4.57 Å². The fourth-order valence-corrected chi connectivity index (χ4v) is 8.22. The van der Waals surface area contributed by atoms with Crippen molar-refractivity contribution in [3.05, 3.63) is 147 Å². The maximum absolute atomic E-state index is 6.65. The number of rotatable bonds is 7. The van der Waals surface area contributed by atoms with Gasteiger partial charge in [-0.05, 0) is 80.3 Å². The summed E-state index contributed by atoms with van der Waals surface area (Å²) >= 11 is 13.3. The first-order chi connectivity index (χ1) is 22.6. The van der Waals surface area contributed by atoms with Crippen LogP contribution in [0.1, 0.15) is 38.3 Å². The van der Waals surface area contributed by atoms with Crippen molar-refractivity contribution in [1.29, 1.82) is 0 Å². The van der Waals surface area contributed by atoms with Crippen molar-refractivity contribution >= 4 is 73.1 Å². The Morgan fingerprint density at radius 2 is 1.52 bits per heavy atom. The number of allylic oxidation sites excluding steroid dienone is 4. The summed E-state index contributed by atoms with van der Waals surface area (Å²) in [5.41, 5.74) is 8.88. The molecule has 6 aromatic rings.